The third kappa shape index (κ3) is 3.03. The molecule has 0 spiro atoms. The van der Waals surface area contributed by atoms with Gasteiger partial charge in [-0.3, -0.25) is 0 Å². The Hall–Kier alpha value is -0.346. The second kappa shape index (κ2) is 5.32. The van der Waals surface area contributed by atoms with E-state index in [1.54, 1.807) is 0 Å². The number of hydrogen-bond acceptors (Lipinski definition) is 0. The molecule has 0 amide bonds. The van der Waals surface area contributed by atoms with Crippen LogP contribution in [0.2, 0.25) is 18.6 Å². The van der Waals surface area contributed by atoms with E-state index >= 15 is 0 Å². The first-order valence-corrected chi connectivity index (χ1v) is 9.00. The van der Waals surface area contributed by atoms with Crippen molar-refractivity contribution in [1.82, 2.24) is 0 Å². The highest BCUT2D eigenvalue weighted by Gasteiger charge is 2.19. The van der Waals surface area contributed by atoms with Crippen molar-refractivity contribution in [3.05, 3.63) is 36.8 Å². The average molecular weight is 182 g/mol. The summed E-state index contributed by atoms with van der Waals surface area (Å²) in [6, 6.07) is 2.68. The fourth-order valence-corrected chi connectivity index (χ4v) is 6.02. The summed E-state index contributed by atoms with van der Waals surface area (Å²) in [5.74, 6) is 0. The Morgan fingerprint density at radius 3 is 1.91 bits per heavy atom. The summed E-state index contributed by atoms with van der Waals surface area (Å²) in [5, 5.41) is 0. The van der Waals surface area contributed by atoms with Gasteiger partial charge in [-0.2, -0.15) is 0 Å². The second-order valence-corrected chi connectivity index (χ2v) is 8.48. The SMILES string of the molecule is C=C[Si](C=C)(C=C)CC[SiH2]C. The van der Waals surface area contributed by atoms with Gasteiger partial charge in [-0.05, 0) is 6.04 Å². The largest absolute Gasteiger partial charge is 0.124 e. The van der Waals surface area contributed by atoms with Crippen LogP contribution < -0.4 is 0 Å². The predicted molar refractivity (Wildman–Crippen MR) is 60.4 cm³/mol. The van der Waals surface area contributed by atoms with Crippen molar-refractivity contribution in [2.45, 2.75) is 18.6 Å². The van der Waals surface area contributed by atoms with Gasteiger partial charge >= 0.3 is 0 Å². The minimum Gasteiger partial charge on any atom is -0.106 e. The van der Waals surface area contributed by atoms with Gasteiger partial charge in [0.2, 0.25) is 0 Å². The molecule has 0 atom stereocenters. The predicted octanol–water partition coefficient (Wildman–Crippen LogP) is 2.25. The van der Waals surface area contributed by atoms with E-state index in [1.807, 2.05) is 0 Å². The smallest absolute Gasteiger partial charge is 0.106 e. The van der Waals surface area contributed by atoms with E-state index in [4.69, 9.17) is 0 Å². The quantitative estimate of drug-likeness (QED) is 0.553. The molecular weight excluding hydrogens is 164 g/mol. The van der Waals surface area contributed by atoms with Crippen LogP contribution in [0.1, 0.15) is 0 Å². The highest BCUT2D eigenvalue weighted by Crippen LogP contribution is 2.15. The molecule has 0 rings (SSSR count). The van der Waals surface area contributed by atoms with Crippen LogP contribution in [0.15, 0.2) is 36.8 Å². The first kappa shape index (κ1) is 10.7. The van der Waals surface area contributed by atoms with Crippen molar-refractivity contribution >= 4 is 17.6 Å². The van der Waals surface area contributed by atoms with Gasteiger partial charge in [0.25, 0.3) is 0 Å². The highest BCUT2D eigenvalue weighted by atomic mass is 28.3. The topological polar surface area (TPSA) is 0 Å². The molecule has 0 saturated carbocycles. The van der Waals surface area contributed by atoms with Crippen molar-refractivity contribution in [2.24, 2.45) is 0 Å². The molecule has 0 aliphatic rings. The Morgan fingerprint density at radius 2 is 1.64 bits per heavy atom. The highest BCUT2D eigenvalue weighted by molar-refractivity contribution is 6.93. The van der Waals surface area contributed by atoms with E-state index in [2.05, 4.69) is 43.4 Å². The Bertz CT molecular complexity index is 128. The van der Waals surface area contributed by atoms with Gasteiger partial charge in [-0.25, -0.2) is 0 Å². The van der Waals surface area contributed by atoms with Gasteiger partial charge in [0.05, 0.1) is 0 Å². The minimum absolute atomic E-state index is 0.198. The first-order chi connectivity index (χ1) is 5.24. The number of hydrogen-bond donors (Lipinski definition) is 0. The third-order valence-electron chi connectivity index (χ3n) is 2.10. The van der Waals surface area contributed by atoms with Crippen LogP contribution in [0, 0.1) is 0 Å². The molecule has 0 aromatic heterocycles. The van der Waals surface area contributed by atoms with Crippen LogP contribution in [-0.2, 0) is 0 Å². The Labute approximate surface area is 73.5 Å². The fraction of sp³-hybridized carbons (Fsp3) is 0.333. The van der Waals surface area contributed by atoms with E-state index in [0.717, 1.165) is 0 Å². The summed E-state index contributed by atoms with van der Waals surface area (Å²) in [4.78, 5) is 0. The lowest BCUT2D eigenvalue weighted by atomic mass is 10.9. The molecular formula is C9H18Si2. The Kier molecular flexibility index (Phi) is 5.16. The van der Waals surface area contributed by atoms with Gasteiger partial charge in [-0.1, -0.05) is 29.7 Å². The summed E-state index contributed by atoms with van der Waals surface area (Å²) >= 11 is 0. The summed E-state index contributed by atoms with van der Waals surface area (Å²) in [5.41, 5.74) is 6.24. The van der Waals surface area contributed by atoms with E-state index in [0.29, 0.717) is 0 Å². The summed E-state index contributed by atoms with van der Waals surface area (Å²) < 4.78 is 0. The lowest BCUT2D eigenvalue weighted by Gasteiger charge is -2.18. The van der Waals surface area contributed by atoms with Crippen molar-refractivity contribution in [3.63, 3.8) is 0 Å². The van der Waals surface area contributed by atoms with Gasteiger partial charge in [0.15, 0.2) is 0 Å². The minimum atomic E-state index is -1.41. The normalized spacial score (nSPS) is 11.7. The summed E-state index contributed by atoms with van der Waals surface area (Å²) in [6.07, 6.45) is 0. The molecule has 0 bridgehead atoms. The lowest BCUT2D eigenvalue weighted by molar-refractivity contribution is 1.38. The Morgan fingerprint density at radius 1 is 1.18 bits per heavy atom. The van der Waals surface area contributed by atoms with Crippen molar-refractivity contribution < 1.29 is 0 Å². The van der Waals surface area contributed by atoms with Crippen LogP contribution >= 0.6 is 0 Å². The lowest BCUT2D eigenvalue weighted by Crippen LogP contribution is -2.26. The summed E-state index contributed by atoms with van der Waals surface area (Å²) in [7, 11) is -1.21. The van der Waals surface area contributed by atoms with Crippen LogP contribution in [-0.4, -0.2) is 17.6 Å². The van der Waals surface area contributed by atoms with Gasteiger partial charge in [-0.15, -0.1) is 19.7 Å². The van der Waals surface area contributed by atoms with E-state index < -0.39 is 8.07 Å². The van der Waals surface area contributed by atoms with Crippen molar-refractivity contribution in [2.75, 3.05) is 0 Å². The zero-order chi connectivity index (χ0) is 8.74. The molecule has 0 N–H and O–H groups in total. The van der Waals surface area contributed by atoms with Crippen molar-refractivity contribution in [1.29, 1.82) is 0 Å². The van der Waals surface area contributed by atoms with Crippen molar-refractivity contribution in [3.8, 4) is 0 Å². The summed E-state index contributed by atoms with van der Waals surface area (Å²) in [6.45, 7) is 13.9. The molecule has 0 aliphatic carbocycles. The standard InChI is InChI=1S/C9H18Si2/c1-5-11(6-2,7-3)9-8-10-4/h5-7H,1-3,8-10H2,4H3. The maximum absolute atomic E-state index is 3.86. The Balaban J connectivity index is 4.16. The van der Waals surface area contributed by atoms with Crippen LogP contribution in [0.4, 0.5) is 0 Å². The molecule has 0 nitrogen and oxygen atoms in total. The molecule has 0 saturated heterocycles. The van der Waals surface area contributed by atoms with Crippen LogP contribution in [0.25, 0.3) is 0 Å². The second-order valence-electron chi connectivity index (χ2n) is 2.83. The van der Waals surface area contributed by atoms with Gasteiger partial charge in [0.1, 0.15) is 8.07 Å². The molecule has 0 aromatic rings. The van der Waals surface area contributed by atoms with E-state index in [-0.39, 0.29) is 9.52 Å². The van der Waals surface area contributed by atoms with E-state index in [9.17, 15) is 0 Å². The average Bonchev–Trinajstić information content (AvgIpc) is 2.08. The zero-order valence-electron chi connectivity index (χ0n) is 7.47. The zero-order valence-corrected chi connectivity index (χ0v) is 9.89. The molecule has 0 aromatic carbocycles. The molecule has 0 fully saturated rings. The van der Waals surface area contributed by atoms with E-state index in [1.165, 1.54) is 12.1 Å². The monoisotopic (exact) mass is 182 g/mol. The fourth-order valence-electron chi connectivity index (χ4n) is 1.04. The molecule has 0 heterocycles. The first-order valence-electron chi connectivity index (χ1n) is 4.15. The van der Waals surface area contributed by atoms with Gasteiger partial charge < -0.3 is 0 Å². The third-order valence-corrected chi connectivity index (χ3v) is 7.37. The molecule has 2 heteroatoms. The maximum atomic E-state index is 3.86. The molecule has 0 unspecified atom stereocenters. The van der Waals surface area contributed by atoms with Crippen LogP contribution in [0.3, 0.4) is 0 Å². The molecule has 62 valence electrons. The number of rotatable bonds is 6. The maximum Gasteiger partial charge on any atom is 0.124 e. The molecule has 0 aliphatic heterocycles. The molecule has 11 heavy (non-hydrogen) atoms. The molecule has 0 radical (unpaired) electrons. The van der Waals surface area contributed by atoms with Gasteiger partial charge in [0, 0.05) is 9.52 Å². The van der Waals surface area contributed by atoms with Crippen LogP contribution in [0.5, 0.6) is 0 Å².